The molecule has 0 radical (unpaired) electrons. The molecule has 0 aromatic carbocycles. The fourth-order valence-electron chi connectivity index (χ4n) is 1.73. The summed E-state index contributed by atoms with van der Waals surface area (Å²) >= 11 is 0. The van der Waals surface area contributed by atoms with E-state index in [4.69, 9.17) is 0 Å². The van der Waals surface area contributed by atoms with E-state index in [9.17, 15) is 0 Å². The average molecular weight is 193 g/mol. The molecule has 1 aliphatic rings. The zero-order valence-corrected chi connectivity index (χ0v) is 9.25. The summed E-state index contributed by atoms with van der Waals surface area (Å²) in [7, 11) is 2.03. The first-order valence-corrected chi connectivity index (χ1v) is 5.42. The zero-order chi connectivity index (χ0) is 10.1. The molecule has 1 heterocycles. The molecule has 0 aliphatic heterocycles. The molecule has 3 nitrogen and oxygen atoms in total. The van der Waals surface area contributed by atoms with Gasteiger partial charge in [0.15, 0.2) is 0 Å². The summed E-state index contributed by atoms with van der Waals surface area (Å²) in [4.78, 5) is 0. The van der Waals surface area contributed by atoms with Crippen molar-refractivity contribution in [3.63, 3.8) is 0 Å². The predicted octanol–water partition coefficient (Wildman–Crippen LogP) is 1.80. The molecule has 14 heavy (non-hydrogen) atoms. The first-order valence-electron chi connectivity index (χ1n) is 5.42. The summed E-state index contributed by atoms with van der Waals surface area (Å²) < 4.78 is 2.00. The largest absolute Gasteiger partial charge is 0.309 e. The Labute approximate surface area is 85.5 Å². The quantitative estimate of drug-likeness (QED) is 0.790. The lowest BCUT2D eigenvalue weighted by atomic mass is 10.1. The van der Waals surface area contributed by atoms with E-state index in [2.05, 4.69) is 24.3 Å². The molecule has 1 N–H and O–H groups in total. The molecular weight excluding hydrogens is 174 g/mol. The highest BCUT2D eigenvalue weighted by Gasteiger charge is 2.27. The minimum absolute atomic E-state index is 0.539. The van der Waals surface area contributed by atoms with E-state index < -0.39 is 0 Å². The van der Waals surface area contributed by atoms with Gasteiger partial charge in [-0.15, -0.1) is 0 Å². The van der Waals surface area contributed by atoms with Gasteiger partial charge in [-0.25, -0.2) is 0 Å². The van der Waals surface area contributed by atoms with E-state index in [1.807, 2.05) is 17.9 Å². The van der Waals surface area contributed by atoms with Crippen LogP contribution >= 0.6 is 0 Å². The second-order valence-corrected chi connectivity index (χ2v) is 4.48. The van der Waals surface area contributed by atoms with Crippen LogP contribution in [0.25, 0.3) is 0 Å². The van der Waals surface area contributed by atoms with Crippen LogP contribution < -0.4 is 5.32 Å². The molecule has 1 aromatic rings. The van der Waals surface area contributed by atoms with Crippen LogP contribution in [-0.4, -0.2) is 15.8 Å². The molecule has 1 fully saturated rings. The minimum atomic E-state index is 0.539. The maximum Gasteiger partial charge on any atom is 0.0553 e. The van der Waals surface area contributed by atoms with Crippen LogP contribution in [0.3, 0.4) is 0 Å². The van der Waals surface area contributed by atoms with Crippen LogP contribution in [-0.2, 0) is 13.6 Å². The van der Waals surface area contributed by atoms with E-state index in [0.29, 0.717) is 6.04 Å². The lowest BCUT2D eigenvalue weighted by molar-refractivity contribution is 0.557. The highest BCUT2D eigenvalue weighted by molar-refractivity contribution is 5.26. The van der Waals surface area contributed by atoms with Crippen molar-refractivity contribution >= 4 is 0 Å². The molecule has 0 saturated heterocycles. The first kappa shape index (κ1) is 9.71. The van der Waals surface area contributed by atoms with Crippen LogP contribution in [0.4, 0.5) is 0 Å². The fraction of sp³-hybridized carbons (Fsp3) is 0.727. The monoisotopic (exact) mass is 193 g/mol. The van der Waals surface area contributed by atoms with Crippen LogP contribution in [0.5, 0.6) is 0 Å². The Morgan fingerprint density at radius 3 is 2.86 bits per heavy atom. The number of nitrogens with zero attached hydrogens (tertiary/aromatic N) is 2. The van der Waals surface area contributed by atoms with E-state index in [-0.39, 0.29) is 0 Å². The molecule has 1 saturated carbocycles. The third-order valence-electron chi connectivity index (χ3n) is 2.79. The Balaban J connectivity index is 2.09. The Bertz CT molecular complexity index is 310. The van der Waals surface area contributed by atoms with Crippen molar-refractivity contribution in [1.82, 2.24) is 15.1 Å². The lowest BCUT2D eigenvalue weighted by Gasteiger charge is -2.10. The number of aromatic nitrogens is 2. The van der Waals surface area contributed by atoms with Crippen molar-refractivity contribution in [2.75, 3.05) is 0 Å². The van der Waals surface area contributed by atoms with E-state index in [1.54, 1.807) is 0 Å². The van der Waals surface area contributed by atoms with Crippen molar-refractivity contribution in [3.8, 4) is 0 Å². The van der Waals surface area contributed by atoms with Gasteiger partial charge in [-0.2, -0.15) is 5.10 Å². The molecule has 2 rings (SSSR count). The zero-order valence-electron chi connectivity index (χ0n) is 9.25. The van der Waals surface area contributed by atoms with Crippen molar-refractivity contribution in [2.24, 2.45) is 7.05 Å². The Kier molecular flexibility index (Phi) is 2.59. The van der Waals surface area contributed by atoms with Crippen molar-refractivity contribution in [3.05, 3.63) is 17.5 Å². The second-order valence-electron chi connectivity index (χ2n) is 4.48. The van der Waals surface area contributed by atoms with Crippen LogP contribution in [0, 0.1) is 0 Å². The van der Waals surface area contributed by atoms with Gasteiger partial charge in [-0.05, 0) is 24.3 Å². The maximum atomic E-state index is 4.33. The standard InChI is InChI=1S/C11H19N3/c1-8(2)12-7-11-10(9-4-5-9)6-13-14(11)3/h6,8-9,12H,4-5,7H2,1-3H3. The topological polar surface area (TPSA) is 29.9 Å². The molecular formula is C11H19N3. The van der Waals surface area contributed by atoms with E-state index in [1.165, 1.54) is 24.1 Å². The molecule has 0 spiro atoms. The van der Waals surface area contributed by atoms with Crippen molar-refractivity contribution in [1.29, 1.82) is 0 Å². The van der Waals surface area contributed by atoms with E-state index in [0.717, 1.165) is 12.5 Å². The minimum Gasteiger partial charge on any atom is -0.309 e. The molecule has 0 atom stereocenters. The normalized spacial score (nSPS) is 16.6. The lowest BCUT2D eigenvalue weighted by Crippen LogP contribution is -2.23. The van der Waals surface area contributed by atoms with Gasteiger partial charge in [0.2, 0.25) is 0 Å². The summed E-state index contributed by atoms with van der Waals surface area (Å²) in [6.07, 6.45) is 4.73. The van der Waals surface area contributed by atoms with Gasteiger partial charge in [0.05, 0.1) is 11.9 Å². The summed E-state index contributed by atoms with van der Waals surface area (Å²) in [5, 5.41) is 7.78. The van der Waals surface area contributed by atoms with Crippen LogP contribution in [0.15, 0.2) is 6.20 Å². The fourth-order valence-corrected chi connectivity index (χ4v) is 1.73. The Hall–Kier alpha value is -0.830. The molecule has 78 valence electrons. The van der Waals surface area contributed by atoms with Gasteiger partial charge in [0.25, 0.3) is 0 Å². The molecule has 0 unspecified atom stereocenters. The summed E-state index contributed by atoms with van der Waals surface area (Å²) in [6, 6.07) is 0.539. The average Bonchev–Trinajstić information content (AvgIpc) is 2.88. The predicted molar refractivity (Wildman–Crippen MR) is 57.2 cm³/mol. The number of nitrogens with one attached hydrogen (secondary N) is 1. The first-order chi connectivity index (χ1) is 6.68. The third kappa shape index (κ3) is 1.98. The Morgan fingerprint density at radius 1 is 1.57 bits per heavy atom. The van der Waals surface area contributed by atoms with Crippen molar-refractivity contribution < 1.29 is 0 Å². The van der Waals surface area contributed by atoms with Gasteiger partial charge in [-0.1, -0.05) is 13.8 Å². The van der Waals surface area contributed by atoms with Crippen molar-refractivity contribution in [2.45, 2.75) is 45.2 Å². The van der Waals surface area contributed by atoms with E-state index >= 15 is 0 Å². The molecule has 0 amide bonds. The number of hydrogen-bond donors (Lipinski definition) is 1. The van der Waals surface area contributed by atoms with Gasteiger partial charge in [-0.3, -0.25) is 4.68 Å². The highest BCUT2D eigenvalue weighted by Crippen LogP contribution is 2.41. The maximum absolute atomic E-state index is 4.33. The second kappa shape index (κ2) is 3.73. The van der Waals surface area contributed by atoms with Gasteiger partial charge >= 0.3 is 0 Å². The number of hydrogen-bond acceptors (Lipinski definition) is 2. The molecule has 0 bridgehead atoms. The SMILES string of the molecule is CC(C)NCc1c(C2CC2)cnn1C. The van der Waals surface area contributed by atoms with Gasteiger partial charge in [0, 0.05) is 19.6 Å². The van der Waals surface area contributed by atoms with Crippen LogP contribution in [0.2, 0.25) is 0 Å². The summed E-state index contributed by atoms with van der Waals surface area (Å²) in [6.45, 7) is 5.29. The van der Waals surface area contributed by atoms with Gasteiger partial charge < -0.3 is 5.32 Å². The Morgan fingerprint density at radius 2 is 2.29 bits per heavy atom. The molecule has 3 heteroatoms. The smallest absolute Gasteiger partial charge is 0.0553 e. The highest BCUT2D eigenvalue weighted by atomic mass is 15.3. The van der Waals surface area contributed by atoms with Crippen LogP contribution in [0.1, 0.15) is 43.9 Å². The summed E-state index contributed by atoms with van der Waals surface area (Å²) in [5.41, 5.74) is 2.82. The number of aryl methyl sites for hydroxylation is 1. The summed E-state index contributed by atoms with van der Waals surface area (Å²) in [5.74, 6) is 0.799. The molecule has 1 aromatic heterocycles. The molecule has 1 aliphatic carbocycles. The third-order valence-corrected chi connectivity index (χ3v) is 2.79. The number of rotatable bonds is 4. The van der Waals surface area contributed by atoms with Gasteiger partial charge in [0.1, 0.15) is 0 Å².